The first-order valence-corrected chi connectivity index (χ1v) is 10.9. The van der Waals surface area contributed by atoms with Gasteiger partial charge in [0.05, 0.1) is 17.2 Å². The molecule has 31 heavy (non-hydrogen) atoms. The standard InChI is InChI=1S/C23H24ClF3N2O2/c1-2-17(21(30)29-20-6-4-16(24)12-28-20)14-7-9-22(10-8-14)13-31-19-11-15(23(25,26)27)3-5-18(19)22/h3-6,11-12,14,17H,2,7-10,13H2,1H3,(H,28,29,30)/t14-,17-,22-/m0/s1. The van der Waals surface area contributed by atoms with Crippen molar-refractivity contribution in [2.45, 2.75) is 50.6 Å². The molecule has 4 rings (SSSR count). The number of amides is 1. The molecule has 166 valence electrons. The van der Waals surface area contributed by atoms with E-state index in [-0.39, 0.29) is 23.2 Å². The van der Waals surface area contributed by atoms with E-state index in [4.69, 9.17) is 16.3 Å². The van der Waals surface area contributed by atoms with Crippen molar-refractivity contribution in [2.24, 2.45) is 11.8 Å². The van der Waals surface area contributed by atoms with Gasteiger partial charge in [-0.1, -0.05) is 24.6 Å². The van der Waals surface area contributed by atoms with E-state index in [0.717, 1.165) is 43.4 Å². The van der Waals surface area contributed by atoms with Gasteiger partial charge in [0.1, 0.15) is 11.6 Å². The molecule has 1 amide bonds. The highest BCUT2D eigenvalue weighted by molar-refractivity contribution is 6.30. The lowest BCUT2D eigenvalue weighted by Gasteiger charge is -2.38. The van der Waals surface area contributed by atoms with Crippen molar-refractivity contribution in [1.82, 2.24) is 4.98 Å². The minimum Gasteiger partial charge on any atom is -0.492 e. The molecule has 1 aromatic carbocycles. The Hall–Kier alpha value is -2.28. The summed E-state index contributed by atoms with van der Waals surface area (Å²) >= 11 is 5.84. The van der Waals surface area contributed by atoms with Crippen LogP contribution in [0, 0.1) is 11.8 Å². The van der Waals surface area contributed by atoms with Gasteiger partial charge in [-0.2, -0.15) is 13.2 Å². The maximum atomic E-state index is 13.0. The van der Waals surface area contributed by atoms with Crippen molar-refractivity contribution in [3.8, 4) is 5.75 Å². The van der Waals surface area contributed by atoms with Crippen LogP contribution in [0.25, 0.3) is 0 Å². The summed E-state index contributed by atoms with van der Waals surface area (Å²) in [5.74, 6) is 0.812. The molecule has 0 radical (unpaired) electrons. The van der Waals surface area contributed by atoms with Gasteiger partial charge in [-0.15, -0.1) is 0 Å². The number of anilines is 1. The number of hydrogen-bond acceptors (Lipinski definition) is 3. The molecule has 4 nitrogen and oxygen atoms in total. The van der Waals surface area contributed by atoms with E-state index in [1.807, 2.05) is 6.92 Å². The Morgan fingerprint density at radius 1 is 1.29 bits per heavy atom. The molecule has 1 fully saturated rings. The van der Waals surface area contributed by atoms with Crippen LogP contribution in [0.4, 0.5) is 19.0 Å². The molecule has 0 unspecified atom stereocenters. The van der Waals surface area contributed by atoms with Crippen LogP contribution >= 0.6 is 11.6 Å². The average Bonchev–Trinajstić information content (AvgIpc) is 3.09. The molecule has 1 aromatic heterocycles. The first kappa shape index (κ1) is 21.9. The highest BCUT2D eigenvalue weighted by Gasteiger charge is 2.46. The molecule has 0 bridgehead atoms. The summed E-state index contributed by atoms with van der Waals surface area (Å²) in [4.78, 5) is 17.0. The van der Waals surface area contributed by atoms with E-state index >= 15 is 0 Å². The zero-order chi connectivity index (χ0) is 22.2. The second kappa shape index (κ2) is 8.34. The summed E-state index contributed by atoms with van der Waals surface area (Å²) < 4.78 is 44.7. The zero-order valence-corrected chi connectivity index (χ0v) is 17.9. The number of carbonyl (C=O) groups excluding carboxylic acids is 1. The Morgan fingerprint density at radius 2 is 2.03 bits per heavy atom. The summed E-state index contributed by atoms with van der Waals surface area (Å²) in [5, 5.41) is 3.38. The third-order valence-corrected chi connectivity index (χ3v) is 6.92. The molecule has 2 heterocycles. The number of carbonyl (C=O) groups is 1. The maximum Gasteiger partial charge on any atom is 0.416 e. The number of halogens is 4. The third-order valence-electron chi connectivity index (χ3n) is 6.70. The molecule has 2 aromatic rings. The number of fused-ring (bicyclic) bond motifs is 2. The Labute approximate surface area is 184 Å². The molecule has 1 aliphatic heterocycles. The minimum absolute atomic E-state index is 0.0591. The minimum atomic E-state index is -4.38. The lowest BCUT2D eigenvalue weighted by atomic mass is 9.65. The fourth-order valence-corrected chi connectivity index (χ4v) is 5.07. The van der Waals surface area contributed by atoms with Crippen LogP contribution < -0.4 is 10.1 Å². The number of aromatic nitrogens is 1. The van der Waals surface area contributed by atoms with Crippen molar-refractivity contribution in [1.29, 1.82) is 0 Å². The second-order valence-corrected chi connectivity index (χ2v) is 8.92. The van der Waals surface area contributed by atoms with Crippen LogP contribution in [-0.2, 0) is 16.4 Å². The topological polar surface area (TPSA) is 51.2 Å². The number of hydrogen-bond donors (Lipinski definition) is 1. The first-order valence-electron chi connectivity index (χ1n) is 10.5. The zero-order valence-electron chi connectivity index (χ0n) is 17.1. The van der Waals surface area contributed by atoms with Gasteiger partial charge in [0.2, 0.25) is 5.91 Å². The predicted molar refractivity (Wildman–Crippen MR) is 112 cm³/mol. The van der Waals surface area contributed by atoms with E-state index in [0.29, 0.717) is 29.6 Å². The van der Waals surface area contributed by atoms with Crippen molar-refractivity contribution >= 4 is 23.3 Å². The van der Waals surface area contributed by atoms with Gasteiger partial charge in [0, 0.05) is 23.1 Å². The number of pyridine rings is 1. The van der Waals surface area contributed by atoms with Gasteiger partial charge in [0.15, 0.2) is 0 Å². The summed E-state index contributed by atoms with van der Waals surface area (Å²) in [5.41, 5.74) is -0.0834. The average molecular weight is 453 g/mol. The quantitative estimate of drug-likeness (QED) is 0.597. The SMILES string of the molecule is CC[C@H](C(=O)Nc1ccc(Cl)cn1)[C@H]1CC[C@]2(CC1)COc1cc(C(F)(F)F)ccc12. The van der Waals surface area contributed by atoms with Gasteiger partial charge in [-0.05, 0) is 62.3 Å². The van der Waals surface area contributed by atoms with E-state index in [2.05, 4.69) is 10.3 Å². The molecule has 2 aliphatic rings. The molecule has 1 aliphatic carbocycles. The van der Waals surface area contributed by atoms with Crippen LogP contribution in [0.1, 0.15) is 50.2 Å². The second-order valence-electron chi connectivity index (χ2n) is 8.48. The lowest BCUT2D eigenvalue weighted by molar-refractivity contribution is -0.137. The molecular weight excluding hydrogens is 429 g/mol. The maximum absolute atomic E-state index is 13.0. The molecule has 8 heteroatoms. The van der Waals surface area contributed by atoms with Crippen molar-refractivity contribution in [2.75, 3.05) is 11.9 Å². The van der Waals surface area contributed by atoms with Crippen molar-refractivity contribution in [3.63, 3.8) is 0 Å². The summed E-state index contributed by atoms with van der Waals surface area (Å²) in [6.07, 6.45) is 1.04. The Kier molecular flexibility index (Phi) is 5.90. The van der Waals surface area contributed by atoms with Crippen LogP contribution in [0.15, 0.2) is 36.5 Å². The van der Waals surface area contributed by atoms with Crippen LogP contribution in [-0.4, -0.2) is 17.5 Å². The molecule has 1 spiro atoms. The number of benzene rings is 1. The summed E-state index contributed by atoms with van der Waals surface area (Å²) in [6.45, 7) is 2.39. The van der Waals surface area contributed by atoms with Crippen molar-refractivity contribution < 1.29 is 22.7 Å². The molecular formula is C23H24ClF3N2O2. The number of rotatable bonds is 4. The Balaban J connectivity index is 1.43. The number of alkyl halides is 3. The monoisotopic (exact) mass is 452 g/mol. The lowest BCUT2D eigenvalue weighted by Crippen LogP contribution is -2.38. The third kappa shape index (κ3) is 4.38. The number of nitrogens with zero attached hydrogens (tertiary/aromatic N) is 1. The smallest absolute Gasteiger partial charge is 0.416 e. The predicted octanol–water partition coefficient (Wildman–Crippen LogP) is 6.24. The van der Waals surface area contributed by atoms with E-state index in [1.54, 1.807) is 18.2 Å². The fraction of sp³-hybridized carbons (Fsp3) is 0.478. The van der Waals surface area contributed by atoms with Gasteiger partial charge >= 0.3 is 6.18 Å². The molecule has 1 saturated carbocycles. The first-order chi connectivity index (χ1) is 14.7. The molecule has 0 saturated heterocycles. The highest BCUT2D eigenvalue weighted by Crippen LogP contribution is 2.51. The molecule has 1 atom stereocenters. The van der Waals surface area contributed by atoms with Gasteiger partial charge in [-0.25, -0.2) is 4.98 Å². The Bertz CT molecular complexity index is 954. The van der Waals surface area contributed by atoms with Crippen LogP contribution in [0.3, 0.4) is 0 Å². The number of ether oxygens (including phenoxy) is 1. The van der Waals surface area contributed by atoms with E-state index in [9.17, 15) is 18.0 Å². The fourth-order valence-electron chi connectivity index (χ4n) is 4.96. The Morgan fingerprint density at radius 3 is 2.65 bits per heavy atom. The van der Waals surface area contributed by atoms with Crippen LogP contribution in [0.5, 0.6) is 5.75 Å². The van der Waals surface area contributed by atoms with Gasteiger partial charge < -0.3 is 10.1 Å². The largest absolute Gasteiger partial charge is 0.492 e. The van der Waals surface area contributed by atoms with Crippen molar-refractivity contribution in [3.05, 3.63) is 52.7 Å². The molecule has 1 N–H and O–H groups in total. The highest BCUT2D eigenvalue weighted by atomic mass is 35.5. The van der Waals surface area contributed by atoms with E-state index < -0.39 is 11.7 Å². The normalized spacial score (nSPS) is 23.8. The van der Waals surface area contributed by atoms with Gasteiger partial charge in [-0.3, -0.25) is 4.79 Å². The summed E-state index contributed by atoms with van der Waals surface area (Å²) in [6, 6.07) is 7.17. The summed E-state index contributed by atoms with van der Waals surface area (Å²) in [7, 11) is 0. The number of nitrogens with one attached hydrogen (secondary N) is 1. The van der Waals surface area contributed by atoms with E-state index in [1.165, 1.54) is 6.20 Å². The van der Waals surface area contributed by atoms with Gasteiger partial charge in [0.25, 0.3) is 0 Å². The van der Waals surface area contributed by atoms with Crippen LogP contribution in [0.2, 0.25) is 5.02 Å².